The first-order valence-electron chi connectivity index (χ1n) is 8.69. The van der Waals surface area contributed by atoms with E-state index in [4.69, 9.17) is 4.74 Å². The van der Waals surface area contributed by atoms with Gasteiger partial charge in [-0.25, -0.2) is 9.49 Å². The van der Waals surface area contributed by atoms with Gasteiger partial charge in [-0.3, -0.25) is 4.79 Å². The molecule has 1 atom stereocenters. The van der Waals surface area contributed by atoms with Crippen molar-refractivity contribution in [2.24, 2.45) is 0 Å². The molecule has 0 radical (unpaired) electrons. The molecule has 3 N–H and O–H groups in total. The number of halogens is 4. The second-order valence-electron chi connectivity index (χ2n) is 6.60. The van der Waals surface area contributed by atoms with E-state index in [2.05, 4.69) is 15.5 Å². The molecule has 0 bridgehead atoms. The van der Waals surface area contributed by atoms with Crippen molar-refractivity contribution in [3.63, 3.8) is 0 Å². The second kappa shape index (κ2) is 8.15. The van der Waals surface area contributed by atoms with E-state index in [0.717, 1.165) is 24.3 Å². The van der Waals surface area contributed by atoms with Gasteiger partial charge in [-0.05, 0) is 55.3 Å². The first kappa shape index (κ1) is 21.3. The third-order valence-electron chi connectivity index (χ3n) is 4.28. The van der Waals surface area contributed by atoms with Gasteiger partial charge in [0.25, 0.3) is 5.56 Å². The summed E-state index contributed by atoms with van der Waals surface area (Å²) in [5, 5.41) is 18.9. The van der Waals surface area contributed by atoms with Crippen molar-refractivity contribution >= 4 is 5.69 Å². The molecule has 0 saturated heterocycles. The number of aromatic amines is 1. The van der Waals surface area contributed by atoms with E-state index in [1.807, 2.05) is 0 Å². The zero-order chi connectivity index (χ0) is 22.1. The number of nitrogens with zero attached hydrogens (tertiary/aromatic N) is 1. The molecule has 0 saturated carbocycles. The Morgan fingerprint density at radius 2 is 1.83 bits per heavy atom. The van der Waals surface area contributed by atoms with Crippen molar-refractivity contribution < 1.29 is 27.4 Å². The minimum absolute atomic E-state index is 0.00972. The fraction of sp³-hybridized carbons (Fsp3) is 0.200. The molecule has 0 aliphatic carbocycles. The maximum absolute atomic E-state index is 13.4. The molecular weight excluding hydrogens is 406 g/mol. The zero-order valence-corrected chi connectivity index (χ0v) is 15.8. The molecule has 10 heteroatoms. The Morgan fingerprint density at radius 3 is 2.47 bits per heavy atom. The molecule has 3 aromatic rings. The Morgan fingerprint density at radius 1 is 1.10 bits per heavy atom. The Bertz CT molecular complexity index is 1130. The molecular formula is C20H17F4N3O3. The maximum atomic E-state index is 13.4. The van der Waals surface area contributed by atoms with Crippen LogP contribution in [0.15, 0.2) is 47.4 Å². The van der Waals surface area contributed by atoms with Crippen LogP contribution in [0.25, 0.3) is 0 Å². The van der Waals surface area contributed by atoms with E-state index in [9.17, 15) is 27.5 Å². The minimum atomic E-state index is -4.65. The average Bonchev–Trinajstić information content (AvgIpc) is 2.64. The summed E-state index contributed by atoms with van der Waals surface area (Å²) in [5.74, 6) is -0.677. The topological polar surface area (TPSA) is 87.2 Å². The summed E-state index contributed by atoms with van der Waals surface area (Å²) >= 11 is 0. The number of ether oxygens (including phenoxy) is 1. The van der Waals surface area contributed by atoms with Crippen LogP contribution in [0.2, 0.25) is 0 Å². The molecule has 30 heavy (non-hydrogen) atoms. The lowest BCUT2D eigenvalue weighted by Crippen LogP contribution is -2.16. The van der Waals surface area contributed by atoms with Crippen LogP contribution < -0.4 is 15.6 Å². The Kier molecular flexibility index (Phi) is 5.79. The number of benzene rings is 2. The third kappa shape index (κ3) is 4.77. The number of nitrogens with one attached hydrogen (secondary N) is 2. The normalized spacial score (nSPS) is 12.5. The predicted octanol–water partition coefficient (Wildman–Crippen LogP) is 4.44. The summed E-state index contributed by atoms with van der Waals surface area (Å²) in [7, 11) is 0. The van der Waals surface area contributed by atoms with Crippen LogP contribution in [0.1, 0.15) is 28.5 Å². The Balaban J connectivity index is 2.06. The number of aryl methyl sites for hydroxylation is 2. The lowest BCUT2D eigenvalue weighted by atomic mass is 10.0. The number of hydrogen-bond donors (Lipinski definition) is 3. The average molecular weight is 423 g/mol. The van der Waals surface area contributed by atoms with Crippen molar-refractivity contribution in [3.8, 4) is 11.5 Å². The van der Waals surface area contributed by atoms with Crippen molar-refractivity contribution in [3.05, 3.63) is 81.0 Å². The summed E-state index contributed by atoms with van der Waals surface area (Å²) < 4.78 is 59.2. The highest BCUT2D eigenvalue weighted by Gasteiger charge is 2.34. The number of aliphatic hydroxyl groups is 1. The smallest absolute Gasteiger partial charge is 0.416 e. The molecule has 0 amide bonds. The van der Waals surface area contributed by atoms with Gasteiger partial charge in [-0.2, -0.15) is 18.3 Å². The Hall–Kier alpha value is -3.40. The van der Waals surface area contributed by atoms with Crippen LogP contribution >= 0.6 is 0 Å². The highest BCUT2D eigenvalue weighted by atomic mass is 19.4. The van der Waals surface area contributed by atoms with Crippen LogP contribution in [-0.4, -0.2) is 15.3 Å². The first-order chi connectivity index (χ1) is 14.0. The highest BCUT2D eigenvalue weighted by Crippen LogP contribution is 2.40. The molecule has 6 nitrogen and oxygen atoms in total. The molecule has 1 unspecified atom stereocenters. The molecule has 3 rings (SSSR count). The molecule has 0 fully saturated rings. The van der Waals surface area contributed by atoms with Crippen LogP contribution in [0, 0.1) is 19.7 Å². The molecule has 1 heterocycles. The van der Waals surface area contributed by atoms with E-state index in [0.29, 0.717) is 5.56 Å². The van der Waals surface area contributed by atoms with E-state index in [-0.39, 0.29) is 28.3 Å². The van der Waals surface area contributed by atoms with E-state index in [1.54, 1.807) is 0 Å². The molecule has 1 aromatic heterocycles. The van der Waals surface area contributed by atoms with E-state index >= 15 is 0 Å². The second-order valence-corrected chi connectivity index (χ2v) is 6.60. The Labute approximate surface area is 168 Å². The number of H-pyrrole nitrogens is 1. The molecule has 2 aromatic carbocycles. The maximum Gasteiger partial charge on any atom is 0.416 e. The summed E-state index contributed by atoms with van der Waals surface area (Å²) in [6.07, 6.45) is -4.94. The van der Waals surface area contributed by atoms with Crippen LogP contribution in [0.5, 0.6) is 11.5 Å². The largest absolute Gasteiger partial charge is 0.457 e. The van der Waals surface area contributed by atoms with Crippen molar-refractivity contribution in [2.75, 3.05) is 5.32 Å². The van der Waals surface area contributed by atoms with Crippen molar-refractivity contribution in [1.82, 2.24) is 10.2 Å². The van der Waals surface area contributed by atoms with Gasteiger partial charge in [-0.1, -0.05) is 0 Å². The third-order valence-corrected chi connectivity index (χ3v) is 4.28. The molecule has 158 valence electrons. The van der Waals surface area contributed by atoms with Crippen molar-refractivity contribution in [1.29, 1.82) is 0 Å². The lowest BCUT2D eigenvalue weighted by Gasteiger charge is -2.21. The standard InChI is InChI=1S/C20H17F4N3O3/c1-10-6-14(19(29)26-13-7-18(28)27-25-9-13)17(8-15(10)20(22,23)24)30-16-4-3-12(21)5-11(16)2/h3-9,19,29H,1-2H3,(H2,26,27,28). The molecule has 0 aliphatic rings. The lowest BCUT2D eigenvalue weighted by molar-refractivity contribution is -0.138. The minimum Gasteiger partial charge on any atom is -0.457 e. The highest BCUT2D eigenvalue weighted by molar-refractivity contribution is 5.50. The van der Waals surface area contributed by atoms with Crippen molar-refractivity contribution in [2.45, 2.75) is 26.3 Å². The number of hydrogen-bond acceptors (Lipinski definition) is 5. The molecule has 0 spiro atoms. The summed E-state index contributed by atoms with van der Waals surface area (Å²) in [5.41, 5.74) is -1.11. The van der Waals surface area contributed by atoms with E-state index in [1.165, 1.54) is 32.2 Å². The van der Waals surface area contributed by atoms with Gasteiger partial charge in [-0.15, -0.1) is 0 Å². The van der Waals surface area contributed by atoms with Gasteiger partial charge >= 0.3 is 6.18 Å². The fourth-order valence-electron chi connectivity index (χ4n) is 2.85. The quantitative estimate of drug-likeness (QED) is 0.417. The number of anilines is 1. The fourth-order valence-corrected chi connectivity index (χ4v) is 2.85. The van der Waals surface area contributed by atoms with Gasteiger partial charge in [0.05, 0.1) is 17.4 Å². The van der Waals surface area contributed by atoms with Gasteiger partial charge < -0.3 is 15.2 Å². The summed E-state index contributed by atoms with van der Waals surface area (Å²) in [4.78, 5) is 11.4. The van der Waals surface area contributed by atoms with E-state index < -0.39 is 29.3 Å². The molecule has 0 aliphatic heterocycles. The van der Waals surface area contributed by atoms with Crippen LogP contribution in [0.4, 0.5) is 23.2 Å². The van der Waals surface area contributed by atoms with Crippen LogP contribution in [-0.2, 0) is 6.18 Å². The van der Waals surface area contributed by atoms with Gasteiger partial charge in [0, 0.05) is 11.6 Å². The van der Waals surface area contributed by atoms with Gasteiger partial charge in [0.2, 0.25) is 0 Å². The zero-order valence-electron chi connectivity index (χ0n) is 15.8. The van der Waals surface area contributed by atoms with Gasteiger partial charge in [0.1, 0.15) is 17.3 Å². The summed E-state index contributed by atoms with van der Waals surface area (Å²) in [6.45, 7) is 2.79. The monoisotopic (exact) mass is 423 g/mol. The van der Waals surface area contributed by atoms with Gasteiger partial charge in [0.15, 0.2) is 6.23 Å². The predicted molar refractivity (Wildman–Crippen MR) is 101 cm³/mol. The summed E-state index contributed by atoms with van der Waals surface area (Å²) in [6, 6.07) is 6.59. The number of alkyl halides is 3. The number of aromatic nitrogens is 2. The number of aliphatic hydroxyl groups excluding tert-OH is 1. The van der Waals surface area contributed by atoms with Crippen LogP contribution in [0.3, 0.4) is 0 Å². The SMILES string of the molecule is Cc1cc(F)ccc1Oc1cc(C(F)(F)F)c(C)cc1C(O)Nc1cn[nH]c(=O)c1. The first-order valence-corrected chi connectivity index (χ1v) is 8.69. The number of rotatable bonds is 5.